The zero-order valence-corrected chi connectivity index (χ0v) is 11.2. The maximum absolute atomic E-state index is 12.5. The van der Waals surface area contributed by atoms with Gasteiger partial charge in [0.2, 0.25) is 0 Å². The Labute approximate surface area is 123 Å². The molecule has 6 heteroatoms. The van der Waals surface area contributed by atoms with E-state index in [0.29, 0.717) is 11.3 Å². The summed E-state index contributed by atoms with van der Waals surface area (Å²) in [5.41, 5.74) is 0.546. The quantitative estimate of drug-likeness (QED) is 0.760. The number of ether oxygens (including phenoxy) is 1. The Kier molecular flexibility index (Phi) is 3.44. The first-order valence-electron chi connectivity index (χ1n) is 6.42. The third-order valence-electron chi connectivity index (χ3n) is 3.22. The lowest BCUT2D eigenvalue weighted by Gasteiger charge is -2.08. The highest BCUT2D eigenvalue weighted by atomic mass is 19.4. The minimum absolute atomic E-state index is 0.0945. The summed E-state index contributed by atoms with van der Waals surface area (Å²) in [6.45, 7) is 0.156. The second-order valence-corrected chi connectivity index (χ2v) is 4.75. The molecule has 3 nitrogen and oxygen atoms in total. The van der Waals surface area contributed by atoms with Crippen molar-refractivity contribution in [3.05, 3.63) is 59.9 Å². The number of alkyl halides is 3. The van der Waals surface area contributed by atoms with Crippen molar-refractivity contribution in [2.24, 2.45) is 0 Å². The first-order chi connectivity index (χ1) is 10.4. The lowest BCUT2D eigenvalue weighted by atomic mass is 10.2. The lowest BCUT2D eigenvalue weighted by molar-refractivity contribution is -0.137. The summed E-state index contributed by atoms with van der Waals surface area (Å²) in [6.07, 6.45) is -2.87. The van der Waals surface area contributed by atoms with E-state index in [1.54, 1.807) is 6.07 Å². The number of aromatic hydroxyl groups is 1. The monoisotopic (exact) mass is 308 g/mol. The van der Waals surface area contributed by atoms with Crippen LogP contribution in [-0.2, 0) is 12.8 Å². The van der Waals surface area contributed by atoms with Gasteiger partial charge in [0, 0.05) is 17.0 Å². The Bertz CT molecular complexity index is 788. The van der Waals surface area contributed by atoms with E-state index in [9.17, 15) is 18.3 Å². The van der Waals surface area contributed by atoms with E-state index >= 15 is 0 Å². The normalized spacial score (nSPS) is 11.8. The topological polar surface area (TPSA) is 42.6 Å². The van der Waals surface area contributed by atoms with E-state index in [0.717, 1.165) is 23.1 Å². The van der Waals surface area contributed by atoms with Crippen molar-refractivity contribution in [3.8, 4) is 11.5 Å². The predicted octanol–water partition coefficient (Wildman–Crippen LogP) is 4.74. The van der Waals surface area contributed by atoms with Crippen molar-refractivity contribution < 1.29 is 27.4 Å². The molecule has 3 aromatic rings. The molecular weight excluding hydrogens is 297 g/mol. The fraction of sp³-hybridized carbons (Fsp3) is 0.125. The van der Waals surface area contributed by atoms with Crippen LogP contribution in [0.15, 0.2) is 53.1 Å². The summed E-state index contributed by atoms with van der Waals surface area (Å²) in [6, 6.07) is 9.20. The number of hydrogen-bond acceptors (Lipinski definition) is 3. The van der Waals surface area contributed by atoms with Crippen LogP contribution >= 0.6 is 0 Å². The molecule has 0 spiro atoms. The average molecular weight is 308 g/mol. The van der Waals surface area contributed by atoms with Gasteiger partial charge in [-0.15, -0.1) is 0 Å². The van der Waals surface area contributed by atoms with Crippen LogP contribution in [0, 0.1) is 0 Å². The highest BCUT2D eigenvalue weighted by Gasteiger charge is 2.30. The Morgan fingerprint density at radius 1 is 1.05 bits per heavy atom. The number of phenols is 1. The van der Waals surface area contributed by atoms with Gasteiger partial charge < -0.3 is 14.3 Å². The first kappa shape index (κ1) is 14.3. The number of rotatable bonds is 3. The van der Waals surface area contributed by atoms with Crippen molar-refractivity contribution in [1.82, 2.24) is 0 Å². The molecule has 0 atom stereocenters. The zero-order valence-electron chi connectivity index (χ0n) is 11.2. The van der Waals surface area contributed by atoms with E-state index in [1.165, 1.54) is 30.5 Å². The molecule has 0 radical (unpaired) electrons. The Balaban J connectivity index is 1.74. The summed E-state index contributed by atoms with van der Waals surface area (Å²) < 4.78 is 48.1. The predicted molar refractivity (Wildman–Crippen MR) is 73.7 cm³/mol. The third kappa shape index (κ3) is 2.86. The molecule has 0 aliphatic heterocycles. The maximum atomic E-state index is 12.5. The summed E-state index contributed by atoms with van der Waals surface area (Å²) in [4.78, 5) is 0. The molecule has 0 saturated carbocycles. The Morgan fingerprint density at radius 2 is 1.77 bits per heavy atom. The Morgan fingerprint density at radius 3 is 2.45 bits per heavy atom. The molecule has 0 saturated heterocycles. The van der Waals surface area contributed by atoms with Crippen molar-refractivity contribution >= 4 is 11.0 Å². The fourth-order valence-corrected chi connectivity index (χ4v) is 2.08. The molecule has 3 rings (SSSR count). The standard InChI is InChI=1S/C16H11F3O3/c17-16(18,19)11-1-4-13(5-2-11)21-8-10-9-22-15-7-12(20)3-6-14(10)15/h1-7,9,20H,8H2. The van der Waals surface area contributed by atoms with Crippen molar-refractivity contribution in [3.63, 3.8) is 0 Å². The zero-order chi connectivity index (χ0) is 15.7. The number of furan rings is 1. The van der Waals surface area contributed by atoms with Gasteiger partial charge in [-0.1, -0.05) is 0 Å². The number of phenolic OH excluding ortho intramolecular Hbond substituents is 1. The van der Waals surface area contributed by atoms with Gasteiger partial charge in [0.1, 0.15) is 23.7 Å². The largest absolute Gasteiger partial charge is 0.508 e. The number of hydrogen-bond donors (Lipinski definition) is 1. The van der Waals surface area contributed by atoms with Crippen LogP contribution < -0.4 is 4.74 Å². The average Bonchev–Trinajstić information content (AvgIpc) is 2.87. The van der Waals surface area contributed by atoms with Crippen molar-refractivity contribution in [1.29, 1.82) is 0 Å². The molecular formula is C16H11F3O3. The Hall–Kier alpha value is -2.63. The van der Waals surface area contributed by atoms with Crippen LogP contribution in [-0.4, -0.2) is 5.11 Å². The van der Waals surface area contributed by atoms with Gasteiger partial charge in [0.05, 0.1) is 11.8 Å². The van der Waals surface area contributed by atoms with Crippen LogP contribution in [0.25, 0.3) is 11.0 Å². The van der Waals surface area contributed by atoms with Gasteiger partial charge in [-0.05, 0) is 36.4 Å². The minimum atomic E-state index is -4.36. The lowest BCUT2D eigenvalue weighted by Crippen LogP contribution is -2.04. The molecule has 114 valence electrons. The summed E-state index contributed by atoms with van der Waals surface area (Å²) >= 11 is 0. The molecule has 0 bridgehead atoms. The summed E-state index contributed by atoms with van der Waals surface area (Å²) in [7, 11) is 0. The van der Waals surface area contributed by atoms with Crippen LogP contribution in [0.3, 0.4) is 0 Å². The summed E-state index contributed by atoms with van der Waals surface area (Å²) in [5, 5.41) is 10.1. The van der Waals surface area contributed by atoms with Gasteiger partial charge >= 0.3 is 6.18 Å². The third-order valence-corrected chi connectivity index (χ3v) is 3.22. The van der Waals surface area contributed by atoms with Crippen LogP contribution in [0.1, 0.15) is 11.1 Å². The van der Waals surface area contributed by atoms with E-state index in [4.69, 9.17) is 9.15 Å². The maximum Gasteiger partial charge on any atom is 0.416 e. The van der Waals surface area contributed by atoms with Crippen LogP contribution in [0.2, 0.25) is 0 Å². The van der Waals surface area contributed by atoms with Gasteiger partial charge in [-0.25, -0.2) is 0 Å². The molecule has 2 aromatic carbocycles. The van der Waals surface area contributed by atoms with E-state index < -0.39 is 11.7 Å². The van der Waals surface area contributed by atoms with Gasteiger partial charge in [-0.2, -0.15) is 13.2 Å². The number of benzene rings is 2. The van der Waals surface area contributed by atoms with Gasteiger partial charge in [0.25, 0.3) is 0 Å². The summed E-state index contributed by atoms with van der Waals surface area (Å²) in [5.74, 6) is 0.429. The number of halogens is 3. The molecule has 1 aromatic heterocycles. The van der Waals surface area contributed by atoms with Crippen LogP contribution in [0.4, 0.5) is 13.2 Å². The van der Waals surface area contributed by atoms with E-state index in [-0.39, 0.29) is 12.4 Å². The highest BCUT2D eigenvalue weighted by molar-refractivity contribution is 5.82. The second-order valence-electron chi connectivity index (χ2n) is 4.75. The van der Waals surface area contributed by atoms with Gasteiger partial charge in [-0.3, -0.25) is 0 Å². The molecule has 1 N–H and O–H groups in total. The highest BCUT2D eigenvalue weighted by Crippen LogP contribution is 2.31. The van der Waals surface area contributed by atoms with E-state index in [1.807, 2.05) is 0 Å². The van der Waals surface area contributed by atoms with Crippen molar-refractivity contribution in [2.75, 3.05) is 0 Å². The molecule has 0 amide bonds. The SMILES string of the molecule is Oc1ccc2c(COc3ccc(C(F)(F)F)cc3)coc2c1. The van der Waals surface area contributed by atoms with Crippen LogP contribution in [0.5, 0.6) is 11.5 Å². The fourth-order valence-electron chi connectivity index (χ4n) is 2.08. The first-order valence-corrected chi connectivity index (χ1v) is 6.42. The second kappa shape index (κ2) is 5.29. The molecule has 0 aliphatic rings. The molecule has 22 heavy (non-hydrogen) atoms. The van der Waals surface area contributed by atoms with E-state index in [2.05, 4.69) is 0 Å². The smallest absolute Gasteiger partial charge is 0.416 e. The van der Waals surface area contributed by atoms with Crippen molar-refractivity contribution in [2.45, 2.75) is 12.8 Å². The van der Waals surface area contributed by atoms with Gasteiger partial charge in [0.15, 0.2) is 0 Å². The molecule has 0 aliphatic carbocycles. The minimum Gasteiger partial charge on any atom is -0.508 e. The molecule has 0 unspecified atom stereocenters. The number of fused-ring (bicyclic) bond motifs is 1. The molecule has 1 heterocycles. The molecule has 0 fully saturated rings.